The van der Waals surface area contributed by atoms with Gasteiger partial charge in [0.2, 0.25) is 11.8 Å². The number of aryl methyl sites for hydroxylation is 1. The summed E-state index contributed by atoms with van der Waals surface area (Å²) in [6.07, 6.45) is -0.985. The molecule has 4 rings (SSSR count). The molecule has 0 aromatic carbocycles. The number of rotatable bonds is 7. The lowest BCUT2D eigenvalue weighted by Gasteiger charge is -2.22. The third-order valence-electron chi connectivity index (χ3n) is 5.79. The van der Waals surface area contributed by atoms with Crippen molar-refractivity contribution in [3.05, 3.63) is 47.3 Å². The van der Waals surface area contributed by atoms with E-state index >= 15 is 0 Å². The second kappa shape index (κ2) is 9.65. The normalized spacial score (nSPS) is 16.7. The molecule has 2 atom stereocenters. The van der Waals surface area contributed by atoms with Gasteiger partial charge in [-0.2, -0.15) is 5.10 Å². The van der Waals surface area contributed by atoms with Gasteiger partial charge in [0.1, 0.15) is 11.6 Å². The van der Waals surface area contributed by atoms with E-state index < -0.39 is 24.0 Å². The Morgan fingerprint density at radius 2 is 2.12 bits per heavy atom. The number of pyridine rings is 2. The number of carbonyl (C=O) groups is 1. The maximum atomic E-state index is 14.2. The molecule has 9 nitrogen and oxygen atoms in total. The van der Waals surface area contributed by atoms with E-state index in [1.807, 2.05) is 0 Å². The number of H-pyrrole nitrogens is 1. The molecule has 0 unspecified atom stereocenters. The molecule has 0 radical (unpaired) electrons. The van der Waals surface area contributed by atoms with Gasteiger partial charge in [-0.1, -0.05) is 0 Å². The number of alkyl halides is 2. The van der Waals surface area contributed by atoms with Crippen LogP contribution in [0.25, 0.3) is 11.4 Å². The van der Waals surface area contributed by atoms with E-state index in [4.69, 9.17) is 4.74 Å². The molecule has 1 aliphatic rings. The minimum atomic E-state index is -2.73. The van der Waals surface area contributed by atoms with E-state index in [-0.39, 0.29) is 29.2 Å². The van der Waals surface area contributed by atoms with Crippen LogP contribution in [-0.2, 0) is 4.79 Å². The second-order valence-electron chi connectivity index (χ2n) is 8.06. The fourth-order valence-electron chi connectivity index (χ4n) is 3.94. The fourth-order valence-corrected chi connectivity index (χ4v) is 3.94. The topological polar surface area (TPSA) is 109 Å². The first-order chi connectivity index (χ1) is 16.3. The van der Waals surface area contributed by atoms with Crippen LogP contribution < -0.4 is 10.1 Å². The Labute approximate surface area is 193 Å². The highest BCUT2D eigenvalue weighted by Crippen LogP contribution is 2.27. The SMILES string of the molecule is COc1cc([C@@H](C)C(=O)N2CC[C@H](Nc3ccc(-c4n[nH]c(C(F)F)n4)c(C)n3)C2)c(F)cn1. The van der Waals surface area contributed by atoms with Crippen LogP contribution in [-0.4, -0.2) is 62.2 Å². The number of carbonyl (C=O) groups excluding carboxylic acids is 1. The third-order valence-corrected chi connectivity index (χ3v) is 5.79. The molecule has 0 aliphatic carbocycles. The molecule has 1 aliphatic heterocycles. The Bertz CT molecular complexity index is 1190. The number of hydrogen-bond acceptors (Lipinski definition) is 7. The van der Waals surface area contributed by atoms with Crippen molar-refractivity contribution in [3.63, 3.8) is 0 Å². The summed E-state index contributed by atoms with van der Waals surface area (Å²) in [5, 5.41) is 9.35. The quantitative estimate of drug-likeness (QED) is 0.539. The lowest BCUT2D eigenvalue weighted by atomic mass is 10.0. The molecule has 0 saturated carbocycles. The molecular weight excluding hydrogens is 451 g/mol. The smallest absolute Gasteiger partial charge is 0.296 e. The van der Waals surface area contributed by atoms with Crippen LogP contribution in [0.2, 0.25) is 0 Å². The standard InChI is InChI=1S/C22H24F3N7O2/c1-11(15-8-18(34-3)26-9-16(15)23)22(33)32-7-6-13(10-32)28-17-5-4-14(12(2)27-17)20-29-21(19(24)25)31-30-20/h4-5,8-9,11,13,19H,6-7,10H2,1-3H3,(H,27,28)(H,29,30,31)/t11-,13+/m1/s1. The number of likely N-dealkylation sites (tertiary alicyclic amines) is 1. The molecule has 180 valence electrons. The van der Waals surface area contributed by atoms with Crippen LogP contribution in [0.5, 0.6) is 5.88 Å². The molecule has 4 heterocycles. The Morgan fingerprint density at radius 1 is 1.32 bits per heavy atom. The average Bonchev–Trinajstić information content (AvgIpc) is 3.49. The number of aromatic amines is 1. The first kappa shape index (κ1) is 23.5. The monoisotopic (exact) mass is 475 g/mol. The number of amides is 1. The lowest BCUT2D eigenvalue weighted by molar-refractivity contribution is -0.131. The Hall–Kier alpha value is -3.70. The summed E-state index contributed by atoms with van der Waals surface area (Å²) in [5.74, 6) is -0.932. The number of anilines is 1. The van der Waals surface area contributed by atoms with Crippen molar-refractivity contribution < 1.29 is 22.7 Å². The number of methoxy groups -OCH3 is 1. The van der Waals surface area contributed by atoms with Crippen molar-refractivity contribution >= 4 is 11.7 Å². The van der Waals surface area contributed by atoms with Crippen molar-refractivity contribution in [2.75, 3.05) is 25.5 Å². The van der Waals surface area contributed by atoms with Gasteiger partial charge < -0.3 is 15.0 Å². The van der Waals surface area contributed by atoms with Gasteiger partial charge in [-0.3, -0.25) is 9.89 Å². The van der Waals surface area contributed by atoms with Crippen molar-refractivity contribution in [3.8, 4) is 17.3 Å². The Balaban J connectivity index is 1.40. The summed E-state index contributed by atoms with van der Waals surface area (Å²) in [7, 11) is 1.43. The van der Waals surface area contributed by atoms with Crippen molar-refractivity contribution in [2.45, 2.75) is 38.7 Å². The summed E-state index contributed by atoms with van der Waals surface area (Å²) in [6.45, 7) is 4.36. The molecule has 34 heavy (non-hydrogen) atoms. The maximum absolute atomic E-state index is 14.2. The largest absolute Gasteiger partial charge is 0.481 e. The highest BCUT2D eigenvalue weighted by atomic mass is 19.3. The molecule has 12 heteroatoms. The van der Waals surface area contributed by atoms with E-state index in [9.17, 15) is 18.0 Å². The van der Waals surface area contributed by atoms with Gasteiger partial charge in [0.25, 0.3) is 6.43 Å². The average molecular weight is 475 g/mol. The van der Waals surface area contributed by atoms with Crippen LogP contribution in [0.15, 0.2) is 24.4 Å². The molecule has 3 aromatic heterocycles. The zero-order valence-corrected chi connectivity index (χ0v) is 18.8. The molecule has 1 saturated heterocycles. The zero-order valence-electron chi connectivity index (χ0n) is 18.8. The van der Waals surface area contributed by atoms with Crippen LogP contribution in [0.3, 0.4) is 0 Å². The first-order valence-electron chi connectivity index (χ1n) is 10.7. The second-order valence-corrected chi connectivity index (χ2v) is 8.06. The van der Waals surface area contributed by atoms with Crippen LogP contribution >= 0.6 is 0 Å². The number of nitrogens with zero attached hydrogens (tertiary/aromatic N) is 5. The number of halogens is 3. The zero-order chi connectivity index (χ0) is 24.4. The molecule has 1 amide bonds. The minimum Gasteiger partial charge on any atom is -0.481 e. The van der Waals surface area contributed by atoms with E-state index in [1.54, 1.807) is 30.9 Å². The Kier molecular flexibility index (Phi) is 6.66. The van der Waals surface area contributed by atoms with Gasteiger partial charge in [-0.25, -0.2) is 28.1 Å². The molecule has 2 N–H and O–H groups in total. The number of hydrogen-bond donors (Lipinski definition) is 2. The van der Waals surface area contributed by atoms with Crippen molar-refractivity contribution in [1.29, 1.82) is 0 Å². The summed E-state index contributed by atoms with van der Waals surface area (Å²) in [5.41, 5.74) is 1.36. The number of ether oxygens (including phenoxy) is 1. The van der Waals surface area contributed by atoms with Crippen molar-refractivity contribution in [1.82, 2.24) is 30.0 Å². The minimum absolute atomic E-state index is 0.0420. The predicted molar refractivity (Wildman–Crippen MR) is 117 cm³/mol. The summed E-state index contributed by atoms with van der Waals surface area (Å²) in [4.78, 5) is 26.8. The van der Waals surface area contributed by atoms with E-state index in [1.165, 1.54) is 13.2 Å². The maximum Gasteiger partial charge on any atom is 0.296 e. The van der Waals surface area contributed by atoms with E-state index in [0.29, 0.717) is 36.6 Å². The molecular formula is C22H24F3N7O2. The molecule has 0 bridgehead atoms. The predicted octanol–water partition coefficient (Wildman–Crippen LogP) is 3.47. The van der Waals surface area contributed by atoms with Gasteiger partial charge >= 0.3 is 0 Å². The molecule has 1 fully saturated rings. The highest BCUT2D eigenvalue weighted by molar-refractivity contribution is 5.83. The fraction of sp³-hybridized carbons (Fsp3) is 0.409. The number of nitrogens with one attached hydrogen (secondary N) is 2. The first-order valence-corrected chi connectivity index (χ1v) is 10.7. The van der Waals surface area contributed by atoms with Crippen LogP contribution in [0, 0.1) is 12.7 Å². The summed E-state index contributed by atoms with van der Waals surface area (Å²) >= 11 is 0. The number of aromatic nitrogens is 5. The molecule has 0 spiro atoms. The van der Waals surface area contributed by atoms with E-state index in [2.05, 4.69) is 30.5 Å². The third kappa shape index (κ3) is 4.80. The lowest BCUT2D eigenvalue weighted by Crippen LogP contribution is -2.34. The van der Waals surface area contributed by atoms with Gasteiger partial charge in [0, 0.05) is 36.3 Å². The van der Waals surface area contributed by atoms with Crippen LogP contribution in [0.1, 0.15) is 42.8 Å². The summed E-state index contributed by atoms with van der Waals surface area (Å²) < 4.78 is 44.8. The van der Waals surface area contributed by atoms with Gasteiger partial charge in [0.15, 0.2) is 11.6 Å². The van der Waals surface area contributed by atoms with Crippen LogP contribution in [0.4, 0.5) is 19.0 Å². The Morgan fingerprint density at radius 3 is 2.79 bits per heavy atom. The van der Waals surface area contributed by atoms with Gasteiger partial charge in [0.05, 0.1) is 24.9 Å². The highest BCUT2D eigenvalue weighted by Gasteiger charge is 2.31. The van der Waals surface area contributed by atoms with Crippen molar-refractivity contribution in [2.24, 2.45) is 0 Å². The van der Waals surface area contributed by atoms with Gasteiger partial charge in [-0.05, 0) is 32.4 Å². The van der Waals surface area contributed by atoms with Gasteiger partial charge in [-0.15, -0.1) is 0 Å². The summed E-state index contributed by atoms with van der Waals surface area (Å²) in [6, 6.07) is 4.82. The molecule has 3 aromatic rings. The van der Waals surface area contributed by atoms with E-state index in [0.717, 1.165) is 6.20 Å².